The Morgan fingerprint density at radius 2 is 2.25 bits per heavy atom. The molecule has 1 aromatic carbocycles. The van der Waals surface area contributed by atoms with Crippen molar-refractivity contribution in [3.8, 4) is 0 Å². The number of halogens is 2. The van der Waals surface area contributed by atoms with Gasteiger partial charge in [-0.2, -0.15) is 0 Å². The normalized spacial score (nSPS) is 12.8. The monoisotopic (exact) mass is 240 g/mol. The van der Waals surface area contributed by atoms with Gasteiger partial charge in [-0.25, -0.2) is 9.37 Å². The molecule has 2 rings (SSSR count). The van der Waals surface area contributed by atoms with E-state index in [-0.39, 0.29) is 10.6 Å². The highest BCUT2D eigenvalue weighted by atomic mass is 35.5. The molecule has 0 amide bonds. The predicted octanol–water partition coefficient (Wildman–Crippen LogP) is 2.29. The van der Waals surface area contributed by atoms with Gasteiger partial charge in [-0.05, 0) is 12.1 Å². The van der Waals surface area contributed by atoms with E-state index in [1.54, 1.807) is 17.8 Å². The van der Waals surface area contributed by atoms with Gasteiger partial charge in [-0.15, -0.1) is 0 Å². The van der Waals surface area contributed by atoms with Crippen molar-refractivity contribution in [3.63, 3.8) is 0 Å². The molecular weight excluding hydrogens is 231 g/mol. The van der Waals surface area contributed by atoms with Gasteiger partial charge in [0.25, 0.3) is 0 Å². The first-order valence-corrected chi connectivity index (χ1v) is 5.08. The molecule has 0 saturated heterocycles. The topological polar surface area (TPSA) is 38.0 Å². The van der Waals surface area contributed by atoms with Gasteiger partial charge in [0, 0.05) is 30.0 Å². The summed E-state index contributed by atoms with van der Waals surface area (Å²) >= 11 is 5.86. The van der Waals surface area contributed by atoms with Crippen LogP contribution in [0.2, 0.25) is 5.02 Å². The summed E-state index contributed by atoms with van der Waals surface area (Å²) in [6.07, 6.45) is 2.05. The van der Waals surface area contributed by atoms with Gasteiger partial charge in [-0.1, -0.05) is 17.7 Å². The summed E-state index contributed by atoms with van der Waals surface area (Å²) in [5.41, 5.74) is 0.0541. The molecule has 0 saturated carbocycles. The van der Waals surface area contributed by atoms with Gasteiger partial charge in [0.2, 0.25) is 0 Å². The second-order valence-corrected chi connectivity index (χ2v) is 3.84. The number of aryl methyl sites for hydroxylation is 1. The van der Waals surface area contributed by atoms with Gasteiger partial charge < -0.3 is 9.67 Å². The summed E-state index contributed by atoms with van der Waals surface area (Å²) in [7, 11) is 1.72. The molecule has 0 radical (unpaired) electrons. The van der Waals surface area contributed by atoms with Crippen molar-refractivity contribution in [2.45, 2.75) is 6.10 Å². The number of nitrogens with zero attached hydrogens (tertiary/aromatic N) is 2. The number of rotatable bonds is 2. The molecule has 0 aliphatic rings. The maximum Gasteiger partial charge on any atom is 0.142 e. The zero-order chi connectivity index (χ0) is 11.7. The Hall–Kier alpha value is -1.39. The van der Waals surface area contributed by atoms with Crippen molar-refractivity contribution in [3.05, 3.63) is 52.8 Å². The van der Waals surface area contributed by atoms with E-state index in [0.29, 0.717) is 5.82 Å². The zero-order valence-corrected chi connectivity index (χ0v) is 9.32. The smallest absolute Gasteiger partial charge is 0.142 e. The van der Waals surface area contributed by atoms with Gasteiger partial charge in [0.1, 0.15) is 17.7 Å². The zero-order valence-electron chi connectivity index (χ0n) is 8.56. The Kier molecular flexibility index (Phi) is 2.94. The minimum Gasteiger partial charge on any atom is -0.380 e. The van der Waals surface area contributed by atoms with Crippen molar-refractivity contribution in [1.82, 2.24) is 9.55 Å². The standard InChI is InChI=1S/C11H10ClFN2O/c1-15-6-5-14-11(15)10(16)9-7(12)3-2-4-8(9)13/h2-6,10,16H,1H3. The van der Waals surface area contributed by atoms with Gasteiger partial charge in [0.05, 0.1) is 0 Å². The molecule has 3 nitrogen and oxygen atoms in total. The number of hydrogen-bond donors (Lipinski definition) is 1. The van der Waals surface area contributed by atoms with Gasteiger partial charge in [-0.3, -0.25) is 0 Å². The van der Waals surface area contributed by atoms with E-state index in [0.717, 1.165) is 0 Å². The van der Waals surface area contributed by atoms with Crippen molar-refractivity contribution in [2.75, 3.05) is 0 Å². The SMILES string of the molecule is Cn1ccnc1C(O)c1c(F)cccc1Cl. The average molecular weight is 241 g/mol. The molecule has 2 aromatic rings. The second kappa shape index (κ2) is 4.23. The maximum absolute atomic E-state index is 13.5. The summed E-state index contributed by atoms with van der Waals surface area (Å²) in [5.74, 6) is -0.185. The molecule has 1 unspecified atom stereocenters. The Balaban J connectivity index is 2.49. The molecule has 1 N–H and O–H groups in total. The fraction of sp³-hybridized carbons (Fsp3) is 0.182. The highest BCUT2D eigenvalue weighted by Crippen LogP contribution is 2.29. The van der Waals surface area contributed by atoms with Crippen LogP contribution >= 0.6 is 11.6 Å². The van der Waals surface area contributed by atoms with E-state index in [2.05, 4.69) is 4.98 Å². The minimum absolute atomic E-state index is 0.0541. The summed E-state index contributed by atoms with van der Waals surface area (Å²) < 4.78 is 15.2. The Labute approximate surface area is 97.1 Å². The van der Waals surface area contributed by atoms with Crippen LogP contribution in [0.4, 0.5) is 4.39 Å². The molecule has 16 heavy (non-hydrogen) atoms. The second-order valence-electron chi connectivity index (χ2n) is 3.43. The number of imidazole rings is 1. The largest absolute Gasteiger partial charge is 0.380 e. The average Bonchev–Trinajstić information content (AvgIpc) is 2.64. The third-order valence-electron chi connectivity index (χ3n) is 2.38. The van der Waals surface area contributed by atoms with Crippen LogP contribution in [0.5, 0.6) is 0 Å². The Morgan fingerprint density at radius 1 is 1.50 bits per heavy atom. The lowest BCUT2D eigenvalue weighted by Gasteiger charge is -2.13. The van der Waals surface area contributed by atoms with E-state index in [4.69, 9.17) is 11.6 Å². The molecule has 0 spiro atoms. The summed E-state index contributed by atoms with van der Waals surface area (Å²) in [5, 5.41) is 10.2. The third-order valence-corrected chi connectivity index (χ3v) is 2.71. The van der Waals surface area contributed by atoms with Crippen LogP contribution in [-0.4, -0.2) is 14.7 Å². The molecule has 5 heteroatoms. The Morgan fingerprint density at radius 3 is 2.81 bits per heavy atom. The number of aliphatic hydroxyl groups is 1. The first-order valence-electron chi connectivity index (χ1n) is 4.70. The fourth-order valence-corrected chi connectivity index (χ4v) is 1.81. The quantitative estimate of drug-likeness (QED) is 0.875. The number of aliphatic hydroxyl groups excluding tert-OH is 1. The molecule has 1 atom stereocenters. The minimum atomic E-state index is -1.16. The fourth-order valence-electron chi connectivity index (χ4n) is 1.54. The van der Waals surface area contributed by atoms with E-state index >= 15 is 0 Å². The van der Waals surface area contributed by atoms with Crippen LogP contribution in [0.1, 0.15) is 17.5 Å². The van der Waals surface area contributed by atoms with Crippen molar-refractivity contribution < 1.29 is 9.50 Å². The van der Waals surface area contributed by atoms with Crippen LogP contribution in [0.3, 0.4) is 0 Å². The molecule has 0 fully saturated rings. The Bertz CT molecular complexity index is 492. The van der Waals surface area contributed by atoms with Crippen molar-refractivity contribution >= 4 is 11.6 Å². The molecule has 84 valence electrons. The molecule has 0 aliphatic carbocycles. The lowest BCUT2D eigenvalue weighted by molar-refractivity contribution is 0.201. The van der Waals surface area contributed by atoms with E-state index in [9.17, 15) is 9.50 Å². The summed E-state index contributed by atoms with van der Waals surface area (Å²) in [6, 6.07) is 4.28. The molecule has 1 aromatic heterocycles. The first-order chi connectivity index (χ1) is 7.61. The first kappa shape index (κ1) is 11.1. The highest BCUT2D eigenvalue weighted by Gasteiger charge is 2.21. The highest BCUT2D eigenvalue weighted by molar-refractivity contribution is 6.31. The number of aromatic nitrogens is 2. The summed E-state index contributed by atoms with van der Waals surface area (Å²) in [6.45, 7) is 0. The van der Waals surface area contributed by atoms with Crippen LogP contribution in [0, 0.1) is 5.82 Å². The van der Waals surface area contributed by atoms with Crippen LogP contribution in [0.25, 0.3) is 0 Å². The number of benzene rings is 1. The van der Waals surface area contributed by atoms with E-state index < -0.39 is 11.9 Å². The summed E-state index contributed by atoms with van der Waals surface area (Å²) in [4.78, 5) is 3.96. The molecule has 0 aliphatic heterocycles. The van der Waals surface area contributed by atoms with Crippen LogP contribution in [-0.2, 0) is 7.05 Å². The number of hydrogen-bond acceptors (Lipinski definition) is 2. The van der Waals surface area contributed by atoms with Crippen molar-refractivity contribution in [1.29, 1.82) is 0 Å². The van der Waals surface area contributed by atoms with Gasteiger partial charge in [0.15, 0.2) is 0 Å². The lowest BCUT2D eigenvalue weighted by atomic mass is 10.1. The van der Waals surface area contributed by atoms with Crippen LogP contribution < -0.4 is 0 Å². The third kappa shape index (κ3) is 1.81. The van der Waals surface area contributed by atoms with E-state index in [1.165, 1.54) is 24.4 Å². The predicted molar refractivity (Wildman–Crippen MR) is 58.7 cm³/mol. The maximum atomic E-state index is 13.5. The van der Waals surface area contributed by atoms with Crippen molar-refractivity contribution in [2.24, 2.45) is 7.05 Å². The molecule has 0 bridgehead atoms. The molecule has 1 heterocycles. The van der Waals surface area contributed by atoms with Gasteiger partial charge >= 0.3 is 0 Å². The van der Waals surface area contributed by atoms with Crippen LogP contribution in [0.15, 0.2) is 30.6 Å². The molecular formula is C11H10ClFN2O. The lowest BCUT2D eigenvalue weighted by Crippen LogP contribution is -2.09. The van der Waals surface area contributed by atoms with E-state index in [1.807, 2.05) is 0 Å².